The second kappa shape index (κ2) is 2.73. The maximum atomic E-state index is 8.58. The van der Waals surface area contributed by atoms with Gasteiger partial charge in [-0.15, -0.1) is 0 Å². The summed E-state index contributed by atoms with van der Waals surface area (Å²) in [6.07, 6.45) is 0. The summed E-state index contributed by atoms with van der Waals surface area (Å²) in [5, 5.41) is 0. The first kappa shape index (κ1) is 9.79. The number of hydrogen-bond acceptors (Lipinski definition) is 4. The largest absolute Gasteiger partial charge is 4.00 e. The zero-order valence-corrected chi connectivity index (χ0v) is 5.46. The van der Waals surface area contributed by atoms with Gasteiger partial charge in [0.15, 0.2) is 0 Å². The van der Waals surface area contributed by atoms with Crippen molar-refractivity contribution in [1.82, 2.24) is 0 Å². The molecule has 0 spiro atoms. The van der Waals surface area contributed by atoms with E-state index in [-0.39, 0.29) is 18.0 Å². The van der Waals surface area contributed by atoms with Crippen LogP contribution in [0.3, 0.4) is 0 Å². The molecular formula is AsO4Si. The molecule has 0 atom stereocenters. The molecule has 0 amide bonds. The normalized spacial score (nSPS) is 10.0. The van der Waals surface area contributed by atoms with Gasteiger partial charge in [-0.3, -0.25) is 0 Å². The molecule has 0 aromatic rings. The third-order valence-electron chi connectivity index (χ3n) is 0. The van der Waals surface area contributed by atoms with Crippen molar-refractivity contribution in [2.24, 2.45) is 0 Å². The van der Waals surface area contributed by atoms with Crippen LogP contribution in [0.15, 0.2) is 0 Å². The monoisotopic (exact) mass is 167 g/mol. The molecule has 0 aliphatic rings. The molecule has 4 nitrogen and oxygen atoms in total. The first-order valence-corrected chi connectivity index (χ1v) is 2.45. The van der Waals surface area contributed by atoms with Crippen LogP contribution in [0.4, 0.5) is 0 Å². The predicted octanol–water partition coefficient (Wildman–Crippen LogP) is -5.52. The summed E-state index contributed by atoms with van der Waals surface area (Å²) in [6, 6.07) is 0. The van der Waals surface area contributed by atoms with E-state index in [0.717, 1.165) is 0 Å². The predicted molar refractivity (Wildman–Crippen MR) is 11.5 cm³/mol. The quantitative estimate of drug-likeness (QED) is 0.336. The van der Waals surface area contributed by atoms with Crippen LogP contribution in [-0.2, 0) is 0 Å². The van der Waals surface area contributed by atoms with E-state index in [2.05, 4.69) is 0 Å². The van der Waals surface area contributed by atoms with Crippen LogP contribution >= 0.6 is 0 Å². The van der Waals surface area contributed by atoms with E-state index in [4.69, 9.17) is 19.2 Å². The molecule has 0 aliphatic carbocycles. The molecule has 0 N–H and O–H groups in total. The summed E-state index contributed by atoms with van der Waals surface area (Å²) in [4.78, 5) is 34.3. The van der Waals surface area contributed by atoms with Crippen molar-refractivity contribution in [3.05, 3.63) is 0 Å². The zero-order chi connectivity index (χ0) is 4.50. The molecule has 0 aromatic heterocycles. The van der Waals surface area contributed by atoms with Gasteiger partial charge in [0, 0.05) is 0 Å². The van der Waals surface area contributed by atoms with Gasteiger partial charge < -0.3 is 28.2 Å². The third kappa shape index (κ3) is 159. The van der Waals surface area contributed by atoms with Crippen molar-refractivity contribution in [1.29, 1.82) is 0 Å². The Hall–Kier alpha value is 0.615. The van der Waals surface area contributed by atoms with Gasteiger partial charge in [-0.2, -0.15) is 0 Å². The fourth-order valence-corrected chi connectivity index (χ4v) is 0. The molecule has 6 heavy (non-hydrogen) atoms. The summed E-state index contributed by atoms with van der Waals surface area (Å²) < 4.78 is 0. The molecule has 0 aromatic carbocycles. The van der Waals surface area contributed by atoms with E-state index in [1.165, 1.54) is 0 Å². The van der Waals surface area contributed by atoms with Crippen LogP contribution in [0.5, 0.6) is 0 Å². The summed E-state index contributed by atoms with van der Waals surface area (Å²) in [5.41, 5.74) is 0. The third-order valence-corrected chi connectivity index (χ3v) is 0. The van der Waals surface area contributed by atoms with E-state index in [1.54, 1.807) is 0 Å². The first-order valence-electron chi connectivity index (χ1n) is 0.816. The topological polar surface area (TPSA) is 92.2 Å². The average molecular weight is 167 g/mol. The van der Waals surface area contributed by atoms with Gasteiger partial charge in [0.1, 0.15) is 0 Å². The Bertz CT molecular complexity index is 23.0. The van der Waals surface area contributed by atoms with Crippen LogP contribution in [0.1, 0.15) is 0 Å². The molecule has 1 radical (unpaired) electrons. The van der Waals surface area contributed by atoms with E-state index >= 15 is 0 Å². The minimum Gasteiger partial charge on any atom is -0.894 e. The first-order chi connectivity index (χ1) is 2.00. The van der Waals surface area contributed by atoms with E-state index in [9.17, 15) is 0 Å². The van der Waals surface area contributed by atoms with Crippen molar-refractivity contribution in [3.63, 3.8) is 0 Å². The molecule has 6 heteroatoms. The van der Waals surface area contributed by atoms with Gasteiger partial charge in [0.25, 0.3) is 0 Å². The minimum atomic E-state index is -5.61. The molecule has 0 saturated heterocycles. The standard InChI is InChI=1S/As.O4Si/c;1-5(2,3)4/q+4;-4. The molecular weight excluding hydrogens is 167 g/mol. The molecule has 0 heterocycles. The molecule has 0 saturated carbocycles. The van der Waals surface area contributed by atoms with E-state index in [1.807, 2.05) is 0 Å². The van der Waals surface area contributed by atoms with Gasteiger partial charge in [0.2, 0.25) is 0 Å². The Morgan fingerprint density at radius 3 is 0.833 bits per heavy atom. The number of hydrogen-bond donors (Lipinski definition) is 0. The zero-order valence-electron chi connectivity index (χ0n) is 2.58. The van der Waals surface area contributed by atoms with Crippen LogP contribution in [0.25, 0.3) is 0 Å². The smallest absolute Gasteiger partial charge is 0.894 e. The summed E-state index contributed by atoms with van der Waals surface area (Å²) >= 11 is 0. The van der Waals surface area contributed by atoms with Gasteiger partial charge in [-0.05, 0) is 0 Å². The van der Waals surface area contributed by atoms with Crippen molar-refractivity contribution < 1.29 is 19.2 Å². The SMILES string of the molecule is [As+4].[O-][Si]([O-])([O-])[O-]. The molecule has 33 valence electrons. The Morgan fingerprint density at radius 1 is 0.833 bits per heavy atom. The van der Waals surface area contributed by atoms with Gasteiger partial charge in [0.05, 0.1) is 0 Å². The molecule has 0 bridgehead atoms. The van der Waals surface area contributed by atoms with Gasteiger partial charge in [-0.1, -0.05) is 0 Å². The summed E-state index contributed by atoms with van der Waals surface area (Å²) in [5.74, 6) is 0. The van der Waals surface area contributed by atoms with Crippen molar-refractivity contribution in [2.45, 2.75) is 0 Å². The fraction of sp³-hybridized carbons (Fsp3) is 0. The average Bonchev–Trinajstić information content (AvgIpc) is 0.722. The Balaban J connectivity index is 0. The fourth-order valence-electron chi connectivity index (χ4n) is 0. The minimum absolute atomic E-state index is 0. The Labute approximate surface area is 46.9 Å². The molecule has 0 unspecified atom stereocenters. The molecule has 0 rings (SSSR count). The van der Waals surface area contributed by atoms with Gasteiger partial charge in [-0.25, -0.2) is 0 Å². The molecule has 0 fully saturated rings. The summed E-state index contributed by atoms with van der Waals surface area (Å²) in [7, 11) is -5.61. The van der Waals surface area contributed by atoms with Crippen molar-refractivity contribution in [3.8, 4) is 0 Å². The Kier molecular flexibility index (Phi) is 4.46. The summed E-state index contributed by atoms with van der Waals surface area (Å²) in [6.45, 7) is 0. The van der Waals surface area contributed by atoms with Crippen LogP contribution < -0.4 is 19.2 Å². The van der Waals surface area contributed by atoms with E-state index < -0.39 is 9.05 Å². The Morgan fingerprint density at radius 2 is 0.833 bits per heavy atom. The van der Waals surface area contributed by atoms with Gasteiger partial charge >= 0.3 is 18.0 Å². The maximum absolute atomic E-state index is 8.58. The second-order valence-electron chi connectivity index (χ2n) is 0.500. The van der Waals surface area contributed by atoms with E-state index in [0.29, 0.717) is 0 Å². The van der Waals surface area contributed by atoms with Crippen molar-refractivity contribution in [2.75, 3.05) is 0 Å². The molecule has 0 aliphatic heterocycles. The number of rotatable bonds is 0. The second-order valence-corrected chi connectivity index (χ2v) is 1.50. The maximum Gasteiger partial charge on any atom is 4.00 e. The van der Waals surface area contributed by atoms with Crippen molar-refractivity contribution >= 4 is 27.0 Å². The van der Waals surface area contributed by atoms with Crippen LogP contribution in [0, 0.1) is 0 Å². The van der Waals surface area contributed by atoms with Crippen LogP contribution in [-0.4, -0.2) is 27.0 Å². The van der Waals surface area contributed by atoms with Crippen LogP contribution in [0.2, 0.25) is 0 Å².